The van der Waals surface area contributed by atoms with Gasteiger partial charge in [0, 0.05) is 11.7 Å². The van der Waals surface area contributed by atoms with Crippen LogP contribution in [0.3, 0.4) is 0 Å². The van der Waals surface area contributed by atoms with E-state index in [0.29, 0.717) is 25.2 Å². The van der Waals surface area contributed by atoms with Crippen molar-refractivity contribution in [3.8, 4) is 0 Å². The Balaban J connectivity index is 4.18. The van der Waals surface area contributed by atoms with Crippen LogP contribution < -0.4 is 5.32 Å². The topological polar surface area (TPSA) is 72.5 Å². The van der Waals surface area contributed by atoms with Crippen molar-refractivity contribution in [2.24, 2.45) is 11.8 Å². The number of nitrogens with one attached hydrogen (secondary N) is 1. The highest BCUT2D eigenvalue weighted by molar-refractivity contribution is 7.99. The van der Waals surface area contributed by atoms with Crippen molar-refractivity contribution >= 4 is 29.9 Å². The largest absolute Gasteiger partial charge is 0.466 e. The fourth-order valence-corrected chi connectivity index (χ4v) is 5.36. The Morgan fingerprint density at radius 1 is 0.757 bits per heavy atom. The van der Waals surface area contributed by atoms with Crippen LogP contribution in [0.4, 0.5) is 0 Å². The molecule has 6 heteroatoms. The first-order valence-electron chi connectivity index (χ1n) is 15.4. The molecule has 0 radical (unpaired) electrons. The van der Waals surface area contributed by atoms with Crippen molar-refractivity contribution in [1.29, 1.82) is 0 Å². The molecule has 0 saturated carbocycles. The van der Waals surface area contributed by atoms with Gasteiger partial charge in [-0.25, -0.2) is 0 Å². The third kappa shape index (κ3) is 23.8. The molecule has 218 valence electrons. The second kappa shape index (κ2) is 26.6. The van der Waals surface area contributed by atoms with Gasteiger partial charge in [0.05, 0.1) is 19.1 Å². The molecule has 0 aromatic rings. The van der Waals surface area contributed by atoms with Crippen LogP contribution in [-0.2, 0) is 19.1 Å². The average Bonchev–Trinajstić information content (AvgIpc) is 2.88. The molecule has 2 unspecified atom stereocenters. The van der Waals surface area contributed by atoms with Crippen molar-refractivity contribution in [1.82, 2.24) is 5.32 Å². The number of rotatable bonds is 27. The molecule has 37 heavy (non-hydrogen) atoms. The molecule has 0 spiro atoms. The Bertz CT molecular complexity index is 555. The summed E-state index contributed by atoms with van der Waals surface area (Å²) in [5.74, 6) is 2.07. The Kier molecular flexibility index (Phi) is 25.8. The SMILES string of the molecule is CCCCCCCCC(CCCCCC)C(=O)NC(C=O)CCSCCC(=O)OCCCCCC(C)C. The number of ether oxygens (including phenoxy) is 1. The maximum absolute atomic E-state index is 13.0. The van der Waals surface area contributed by atoms with Crippen LogP contribution >= 0.6 is 11.8 Å². The van der Waals surface area contributed by atoms with Gasteiger partial charge in [-0.3, -0.25) is 9.59 Å². The van der Waals surface area contributed by atoms with Gasteiger partial charge in [0.25, 0.3) is 0 Å². The third-order valence-corrected chi connectivity index (χ3v) is 7.90. The summed E-state index contributed by atoms with van der Waals surface area (Å²) in [5, 5.41) is 3.01. The lowest BCUT2D eigenvalue weighted by Gasteiger charge is -2.20. The van der Waals surface area contributed by atoms with E-state index in [1.54, 1.807) is 11.8 Å². The van der Waals surface area contributed by atoms with Crippen molar-refractivity contribution in [3.63, 3.8) is 0 Å². The molecule has 0 aliphatic heterocycles. The van der Waals surface area contributed by atoms with Gasteiger partial charge in [-0.15, -0.1) is 0 Å². The van der Waals surface area contributed by atoms with Crippen LogP contribution in [0.15, 0.2) is 0 Å². The van der Waals surface area contributed by atoms with Gasteiger partial charge in [-0.1, -0.05) is 111 Å². The minimum Gasteiger partial charge on any atom is -0.466 e. The lowest BCUT2D eigenvalue weighted by Crippen LogP contribution is -2.40. The van der Waals surface area contributed by atoms with Crippen molar-refractivity contribution < 1.29 is 19.1 Å². The molecule has 5 nitrogen and oxygen atoms in total. The van der Waals surface area contributed by atoms with E-state index in [1.165, 1.54) is 64.2 Å². The molecule has 0 bridgehead atoms. The minimum atomic E-state index is -0.444. The van der Waals surface area contributed by atoms with E-state index in [9.17, 15) is 14.4 Å². The predicted octanol–water partition coefficient (Wildman–Crippen LogP) is 8.28. The van der Waals surface area contributed by atoms with Gasteiger partial charge in [0.2, 0.25) is 5.91 Å². The molecule has 0 aromatic carbocycles. The number of unbranched alkanes of at least 4 members (excludes halogenated alkanes) is 10. The van der Waals surface area contributed by atoms with E-state index in [1.807, 2.05) is 0 Å². The van der Waals surface area contributed by atoms with Crippen LogP contribution in [0.5, 0.6) is 0 Å². The predicted molar refractivity (Wildman–Crippen MR) is 159 cm³/mol. The molecule has 0 aromatic heterocycles. The van der Waals surface area contributed by atoms with Crippen LogP contribution in [0.25, 0.3) is 0 Å². The first-order chi connectivity index (χ1) is 17.9. The van der Waals surface area contributed by atoms with Gasteiger partial charge in [0.15, 0.2) is 0 Å². The van der Waals surface area contributed by atoms with E-state index >= 15 is 0 Å². The summed E-state index contributed by atoms with van der Waals surface area (Å²) in [7, 11) is 0. The Hall–Kier alpha value is -1.04. The number of carbonyl (C=O) groups is 3. The summed E-state index contributed by atoms with van der Waals surface area (Å²) >= 11 is 1.64. The van der Waals surface area contributed by atoms with Crippen molar-refractivity contribution in [2.45, 2.75) is 149 Å². The quantitative estimate of drug-likeness (QED) is 0.0643. The van der Waals surface area contributed by atoms with E-state index < -0.39 is 6.04 Å². The summed E-state index contributed by atoms with van der Waals surface area (Å²) in [6, 6.07) is -0.444. The van der Waals surface area contributed by atoms with E-state index in [4.69, 9.17) is 4.74 Å². The molecule has 0 rings (SSSR count). The number of hydrogen-bond acceptors (Lipinski definition) is 5. The van der Waals surface area contributed by atoms with E-state index in [-0.39, 0.29) is 17.8 Å². The zero-order valence-corrected chi connectivity index (χ0v) is 25.5. The van der Waals surface area contributed by atoms with Gasteiger partial charge in [0.1, 0.15) is 6.29 Å². The number of amides is 1. The first-order valence-corrected chi connectivity index (χ1v) is 16.6. The van der Waals surface area contributed by atoms with Crippen LogP contribution in [-0.4, -0.2) is 42.3 Å². The summed E-state index contributed by atoms with van der Waals surface area (Å²) < 4.78 is 5.32. The third-order valence-electron chi connectivity index (χ3n) is 6.89. The van der Waals surface area contributed by atoms with Crippen molar-refractivity contribution in [3.05, 3.63) is 0 Å². The lowest BCUT2D eigenvalue weighted by molar-refractivity contribution is -0.143. The lowest BCUT2D eigenvalue weighted by atomic mass is 9.93. The maximum atomic E-state index is 13.0. The standard InChI is InChI=1S/C31H59NO4S/c1-5-7-9-11-12-16-20-28(19-15-10-8-6-2)31(35)32-29(26-33)21-24-37-25-22-30(34)36-23-17-13-14-18-27(3)4/h26-29H,5-25H2,1-4H3,(H,32,35). The molecule has 1 N–H and O–H groups in total. The van der Waals surface area contributed by atoms with Crippen molar-refractivity contribution in [2.75, 3.05) is 18.1 Å². The molecule has 0 aliphatic carbocycles. The molecule has 0 aliphatic rings. The smallest absolute Gasteiger partial charge is 0.306 e. The van der Waals surface area contributed by atoms with Crippen LogP contribution in [0, 0.1) is 11.8 Å². The second-order valence-corrected chi connectivity index (χ2v) is 12.2. The highest BCUT2D eigenvalue weighted by Gasteiger charge is 2.21. The number of esters is 1. The highest BCUT2D eigenvalue weighted by Crippen LogP contribution is 2.20. The molecule has 0 fully saturated rings. The van der Waals surface area contributed by atoms with Gasteiger partial charge in [-0.05, 0) is 37.4 Å². The maximum Gasteiger partial charge on any atom is 0.306 e. The van der Waals surface area contributed by atoms with Crippen LogP contribution in [0.2, 0.25) is 0 Å². The zero-order chi connectivity index (χ0) is 27.6. The zero-order valence-electron chi connectivity index (χ0n) is 24.7. The fraction of sp³-hybridized carbons (Fsp3) is 0.903. The number of thioether (sulfide) groups is 1. The van der Waals surface area contributed by atoms with E-state index in [0.717, 1.165) is 56.5 Å². The molecule has 2 atom stereocenters. The Morgan fingerprint density at radius 3 is 1.95 bits per heavy atom. The monoisotopic (exact) mass is 541 g/mol. The minimum absolute atomic E-state index is 0.0123. The molecule has 0 saturated heterocycles. The van der Waals surface area contributed by atoms with Gasteiger partial charge < -0.3 is 14.8 Å². The Morgan fingerprint density at radius 2 is 1.32 bits per heavy atom. The molecule has 0 heterocycles. The first kappa shape index (κ1) is 36.0. The van der Waals surface area contributed by atoms with Gasteiger partial charge >= 0.3 is 5.97 Å². The average molecular weight is 542 g/mol. The number of carbonyl (C=O) groups excluding carboxylic acids is 3. The summed E-state index contributed by atoms with van der Waals surface area (Å²) in [4.78, 5) is 36.5. The summed E-state index contributed by atoms with van der Waals surface area (Å²) in [5.41, 5.74) is 0. The summed E-state index contributed by atoms with van der Waals surface area (Å²) in [6.45, 7) is 9.40. The highest BCUT2D eigenvalue weighted by atomic mass is 32.2. The van der Waals surface area contributed by atoms with E-state index in [2.05, 4.69) is 33.0 Å². The summed E-state index contributed by atoms with van der Waals surface area (Å²) in [6.07, 6.45) is 20.2. The fourth-order valence-electron chi connectivity index (χ4n) is 4.43. The van der Waals surface area contributed by atoms with Gasteiger partial charge in [-0.2, -0.15) is 11.8 Å². The normalized spacial score (nSPS) is 12.9. The van der Waals surface area contributed by atoms with Crippen LogP contribution in [0.1, 0.15) is 143 Å². The molecular formula is C31H59NO4S. The Labute approximate surface area is 233 Å². The molecular weight excluding hydrogens is 482 g/mol. The number of hydrogen-bond donors (Lipinski definition) is 1. The number of aldehydes is 1. The second-order valence-electron chi connectivity index (χ2n) is 11.0. The molecule has 1 amide bonds.